The summed E-state index contributed by atoms with van der Waals surface area (Å²) in [6.45, 7) is 10.8. The van der Waals surface area contributed by atoms with E-state index in [0.29, 0.717) is 18.6 Å². The molecule has 0 aromatic rings. The lowest BCUT2D eigenvalue weighted by Gasteiger charge is -2.19. The lowest BCUT2D eigenvalue weighted by atomic mass is 10.2. The highest BCUT2D eigenvalue weighted by molar-refractivity contribution is 7.99. The summed E-state index contributed by atoms with van der Waals surface area (Å²) in [6, 6.07) is 0.147. The Balaban J connectivity index is 3.97. The van der Waals surface area contributed by atoms with Crippen LogP contribution in [0, 0.1) is 5.92 Å². The number of carbonyl (C=O) groups excluding carboxylic acids is 1. The molecule has 0 spiro atoms. The highest BCUT2D eigenvalue weighted by Crippen LogP contribution is 2.11. The second-order valence-corrected chi connectivity index (χ2v) is 6.03. The highest BCUT2D eigenvalue weighted by Gasteiger charge is 2.19. The minimum Gasteiger partial charge on any atom is -0.465 e. The quantitative estimate of drug-likeness (QED) is 0.511. The summed E-state index contributed by atoms with van der Waals surface area (Å²) < 4.78 is 5.07. The van der Waals surface area contributed by atoms with E-state index in [9.17, 15) is 4.79 Å². The standard InChI is InChI=1S/C13H27NO2S/c1-6-16-13(15)12(14-11(4)5)7-8-17-9-10(2)3/h10-12,14H,6-9H2,1-5H3. The molecule has 0 fully saturated rings. The molecule has 4 heteroatoms. The van der Waals surface area contributed by atoms with Crippen LogP contribution in [0.15, 0.2) is 0 Å². The molecule has 0 saturated carbocycles. The zero-order valence-electron chi connectivity index (χ0n) is 11.8. The molecular weight excluding hydrogens is 234 g/mol. The van der Waals surface area contributed by atoms with E-state index in [1.165, 1.54) is 0 Å². The number of thioether (sulfide) groups is 1. The third-order valence-corrected chi connectivity index (χ3v) is 3.53. The lowest BCUT2D eigenvalue weighted by molar-refractivity contribution is -0.145. The van der Waals surface area contributed by atoms with Gasteiger partial charge in [0.15, 0.2) is 0 Å². The van der Waals surface area contributed by atoms with Gasteiger partial charge in [-0.15, -0.1) is 0 Å². The number of rotatable bonds is 9. The first-order chi connectivity index (χ1) is 7.97. The molecule has 102 valence electrons. The summed E-state index contributed by atoms with van der Waals surface area (Å²) in [5.74, 6) is 2.74. The third kappa shape index (κ3) is 9.48. The first-order valence-electron chi connectivity index (χ1n) is 6.47. The number of ether oxygens (including phenoxy) is 1. The van der Waals surface area contributed by atoms with Crippen molar-refractivity contribution in [3.63, 3.8) is 0 Å². The van der Waals surface area contributed by atoms with Crippen LogP contribution < -0.4 is 5.32 Å². The van der Waals surface area contributed by atoms with E-state index in [-0.39, 0.29) is 12.0 Å². The third-order valence-electron chi connectivity index (χ3n) is 2.11. The number of hydrogen-bond acceptors (Lipinski definition) is 4. The Morgan fingerprint density at radius 1 is 1.29 bits per heavy atom. The molecule has 1 N–H and O–H groups in total. The molecule has 0 heterocycles. The minimum atomic E-state index is -0.158. The summed E-state index contributed by atoms with van der Waals surface area (Å²) in [6.07, 6.45) is 0.842. The Labute approximate surface area is 110 Å². The second-order valence-electron chi connectivity index (χ2n) is 4.88. The maximum atomic E-state index is 11.7. The molecule has 0 rings (SSSR count). The Hall–Kier alpha value is -0.220. The van der Waals surface area contributed by atoms with Crippen molar-refractivity contribution in [2.75, 3.05) is 18.1 Å². The van der Waals surface area contributed by atoms with Gasteiger partial charge in [0.1, 0.15) is 6.04 Å². The van der Waals surface area contributed by atoms with Crippen molar-refractivity contribution in [1.82, 2.24) is 5.32 Å². The van der Waals surface area contributed by atoms with Crippen LogP contribution in [0.5, 0.6) is 0 Å². The van der Waals surface area contributed by atoms with Gasteiger partial charge in [-0.3, -0.25) is 4.79 Å². The van der Waals surface area contributed by atoms with E-state index in [4.69, 9.17) is 4.74 Å². The summed E-state index contributed by atoms with van der Waals surface area (Å²) in [5.41, 5.74) is 0. The van der Waals surface area contributed by atoms with Crippen LogP contribution in [0.2, 0.25) is 0 Å². The normalized spacial score (nSPS) is 13.1. The molecule has 0 radical (unpaired) electrons. The molecule has 0 saturated heterocycles. The van der Waals surface area contributed by atoms with Crippen molar-refractivity contribution in [2.24, 2.45) is 5.92 Å². The zero-order valence-corrected chi connectivity index (χ0v) is 12.6. The van der Waals surface area contributed by atoms with Crippen LogP contribution in [0.4, 0.5) is 0 Å². The molecule has 1 unspecified atom stereocenters. The van der Waals surface area contributed by atoms with E-state index >= 15 is 0 Å². The van der Waals surface area contributed by atoms with Gasteiger partial charge in [0.2, 0.25) is 0 Å². The fraction of sp³-hybridized carbons (Fsp3) is 0.923. The monoisotopic (exact) mass is 261 g/mol. The average Bonchev–Trinajstić information content (AvgIpc) is 2.22. The van der Waals surface area contributed by atoms with E-state index < -0.39 is 0 Å². The van der Waals surface area contributed by atoms with Gasteiger partial charge in [-0.05, 0) is 30.8 Å². The zero-order chi connectivity index (χ0) is 13.3. The summed E-state index contributed by atoms with van der Waals surface area (Å²) in [4.78, 5) is 11.7. The molecule has 17 heavy (non-hydrogen) atoms. The molecule has 0 aliphatic rings. The molecular formula is C13H27NO2S. The van der Waals surface area contributed by atoms with Crippen LogP contribution in [0.25, 0.3) is 0 Å². The number of nitrogens with one attached hydrogen (secondary N) is 1. The Morgan fingerprint density at radius 2 is 1.94 bits per heavy atom. The molecule has 3 nitrogen and oxygen atoms in total. The second kappa shape index (κ2) is 9.77. The highest BCUT2D eigenvalue weighted by atomic mass is 32.2. The maximum absolute atomic E-state index is 11.7. The maximum Gasteiger partial charge on any atom is 0.323 e. The number of esters is 1. The van der Waals surface area contributed by atoms with Gasteiger partial charge >= 0.3 is 5.97 Å². The first-order valence-corrected chi connectivity index (χ1v) is 7.63. The van der Waals surface area contributed by atoms with Crippen LogP contribution in [-0.2, 0) is 9.53 Å². The van der Waals surface area contributed by atoms with Crippen LogP contribution in [0.3, 0.4) is 0 Å². The molecule has 0 bridgehead atoms. The van der Waals surface area contributed by atoms with E-state index in [2.05, 4.69) is 19.2 Å². The van der Waals surface area contributed by atoms with Crippen molar-refractivity contribution in [3.05, 3.63) is 0 Å². The van der Waals surface area contributed by atoms with Crippen LogP contribution >= 0.6 is 11.8 Å². The van der Waals surface area contributed by atoms with Gasteiger partial charge in [0.25, 0.3) is 0 Å². The topological polar surface area (TPSA) is 38.3 Å². The first kappa shape index (κ1) is 16.8. The van der Waals surface area contributed by atoms with E-state index in [1.54, 1.807) is 0 Å². The van der Waals surface area contributed by atoms with E-state index in [0.717, 1.165) is 17.9 Å². The Bertz CT molecular complexity index is 208. The van der Waals surface area contributed by atoms with Crippen LogP contribution in [-0.4, -0.2) is 36.2 Å². The Morgan fingerprint density at radius 3 is 2.41 bits per heavy atom. The largest absolute Gasteiger partial charge is 0.465 e. The van der Waals surface area contributed by atoms with Gasteiger partial charge in [0, 0.05) is 6.04 Å². The molecule has 1 atom stereocenters. The van der Waals surface area contributed by atoms with Gasteiger partial charge in [-0.2, -0.15) is 11.8 Å². The Kier molecular flexibility index (Phi) is 9.65. The van der Waals surface area contributed by atoms with Gasteiger partial charge in [-0.1, -0.05) is 27.7 Å². The molecule has 0 aliphatic heterocycles. The number of hydrogen-bond donors (Lipinski definition) is 1. The lowest BCUT2D eigenvalue weighted by Crippen LogP contribution is -2.42. The molecule has 0 aromatic heterocycles. The molecule has 0 aromatic carbocycles. The molecule has 0 amide bonds. The number of carbonyl (C=O) groups is 1. The summed E-state index contributed by atoms with van der Waals surface area (Å²) >= 11 is 1.90. The molecule has 0 aliphatic carbocycles. The van der Waals surface area contributed by atoms with Gasteiger partial charge in [0.05, 0.1) is 6.61 Å². The van der Waals surface area contributed by atoms with Crippen molar-refractivity contribution in [1.29, 1.82) is 0 Å². The van der Waals surface area contributed by atoms with E-state index in [1.807, 2.05) is 32.5 Å². The predicted molar refractivity (Wildman–Crippen MR) is 75.5 cm³/mol. The fourth-order valence-electron chi connectivity index (χ4n) is 1.43. The fourth-order valence-corrected chi connectivity index (χ4v) is 2.48. The minimum absolute atomic E-state index is 0.119. The average molecular weight is 261 g/mol. The summed E-state index contributed by atoms with van der Waals surface area (Å²) in [5, 5.41) is 3.26. The van der Waals surface area contributed by atoms with Crippen molar-refractivity contribution < 1.29 is 9.53 Å². The van der Waals surface area contributed by atoms with Crippen molar-refractivity contribution in [2.45, 2.75) is 53.1 Å². The summed E-state index contributed by atoms with van der Waals surface area (Å²) in [7, 11) is 0. The predicted octanol–water partition coefficient (Wildman–Crippen LogP) is 2.70. The van der Waals surface area contributed by atoms with Gasteiger partial charge < -0.3 is 10.1 Å². The van der Waals surface area contributed by atoms with Crippen molar-refractivity contribution >= 4 is 17.7 Å². The van der Waals surface area contributed by atoms with Gasteiger partial charge in [-0.25, -0.2) is 0 Å². The smallest absolute Gasteiger partial charge is 0.323 e. The van der Waals surface area contributed by atoms with Crippen LogP contribution in [0.1, 0.15) is 41.0 Å². The van der Waals surface area contributed by atoms with Crippen molar-refractivity contribution in [3.8, 4) is 0 Å². The SMILES string of the molecule is CCOC(=O)C(CCSCC(C)C)NC(C)C.